The van der Waals surface area contributed by atoms with Gasteiger partial charge < -0.3 is 15.6 Å². The molecule has 8 heteroatoms. The lowest BCUT2D eigenvalue weighted by Gasteiger charge is -2.21. The summed E-state index contributed by atoms with van der Waals surface area (Å²) in [5, 5.41) is 10.1. The zero-order valence-electron chi connectivity index (χ0n) is 11.3. The third-order valence-electron chi connectivity index (χ3n) is 2.42. The summed E-state index contributed by atoms with van der Waals surface area (Å²) in [7, 11) is 0. The molecule has 0 bridgehead atoms. The van der Waals surface area contributed by atoms with Crippen LogP contribution in [0.4, 0.5) is 4.79 Å². The number of rotatable bonds is 1. The lowest BCUT2D eigenvalue weighted by atomic mass is 10.2. The Morgan fingerprint density at radius 1 is 1.55 bits per heavy atom. The molecule has 0 radical (unpaired) electrons. The molecule has 1 unspecified atom stereocenters. The molecule has 7 nitrogen and oxygen atoms in total. The van der Waals surface area contributed by atoms with E-state index in [0.29, 0.717) is 5.39 Å². The predicted molar refractivity (Wildman–Crippen MR) is 73.3 cm³/mol. The van der Waals surface area contributed by atoms with Crippen LogP contribution in [0.1, 0.15) is 32.7 Å². The molecule has 0 aromatic carbocycles. The smallest absolute Gasteiger partial charge is 0.420 e. The van der Waals surface area contributed by atoms with Gasteiger partial charge in [0, 0.05) is 11.6 Å². The minimum Gasteiger partial charge on any atom is -0.443 e. The Morgan fingerprint density at radius 3 is 2.75 bits per heavy atom. The number of aliphatic hydroxyl groups excluding tert-OH is 1. The molecule has 0 saturated carbocycles. The van der Waals surface area contributed by atoms with E-state index in [-0.39, 0.29) is 16.6 Å². The molecule has 0 aliphatic carbocycles. The van der Waals surface area contributed by atoms with Gasteiger partial charge in [0.1, 0.15) is 11.8 Å². The van der Waals surface area contributed by atoms with Crippen molar-refractivity contribution in [2.24, 2.45) is 5.73 Å². The van der Waals surface area contributed by atoms with Crippen molar-refractivity contribution in [3.63, 3.8) is 0 Å². The van der Waals surface area contributed by atoms with Gasteiger partial charge in [0.05, 0.1) is 5.69 Å². The first kappa shape index (κ1) is 14.7. The molecular formula is C12H15ClN4O3. The summed E-state index contributed by atoms with van der Waals surface area (Å²) in [5.41, 5.74) is 5.16. The monoisotopic (exact) mass is 298 g/mol. The second-order valence-electron chi connectivity index (χ2n) is 5.25. The molecule has 0 spiro atoms. The molecule has 0 aliphatic rings. The minimum atomic E-state index is -1.35. The summed E-state index contributed by atoms with van der Waals surface area (Å²) >= 11 is 5.74. The van der Waals surface area contributed by atoms with E-state index in [2.05, 4.69) is 9.97 Å². The Morgan fingerprint density at radius 2 is 2.20 bits per heavy atom. The second-order valence-corrected chi connectivity index (χ2v) is 5.59. The highest BCUT2D eigenvalue weighted by atomic mass is 35.5. The van der Waals surface area contributed by atoms with Gasteiger partial charge in [-0.2, -0.15) is 4.98 Å². The van der Waals surface area contributed by atoms with E-state index in [1.54, 1.807) is 20.8 Å². The average Bonchev–Trinajstić information content (AvgIpc) is 2.65. The molecular weight excluding hydrogens is 284 g/mol. The first-order chi connectivity index (χ1) is 9.19. The van der Waals surface area contributed by atoms with Crippen LogP contribution in [0.15, 0.2) is 12.3 Å². The van der Waals surface area contributed by atoms with Crippen LogP contribution in [0.25, 0.3) is 11.0 Å². The van der Waals surface area contributed by atoms with E-state index in [0.717, 1.165) is 4.57 Å². The molecule has 0 amide bonds. The van der Waals surface area contributed by atoms with E-state index >= 15 is 0 Å². The van der Waals surface area contributed by atoms with Crippen molar-refractivity contribution in [1.82, 2.24) is 14.5 Å². The maximum absolute atomic E-state index is 12.2. The Balaban J connectivity index is 2.62. The third kappa shape index (κ3) is 2.90. The fraction of sp³-hybridized carbons (Fsp3) is 0.417. The standard InChI is InChI=1S/C12H15ClN4O3/c1-12(2,3)20-11(19)17-7(8(14)18)4-6-5-15-10(13)16-9(6)17/h4-5,8,18H,14H2,1-3H3. The highest BCUT2D eigenvalue weighted by Crippen LogP contribution is 2.23. The highest BCUT2D eigenvalue weighted by Gasteiger charge is 2.25. The quantitative estimate of drug-likeness (QED) is 0.615. The van der Waals surface area contributed by atoms with E-state index < -0.39 is 17.9 Å². The highest BCUT2D eigenvalue weighted by molar-refractivity contribution is 6.28. The number of carbonyl (C=O) groups excluding carboxylic acids is 1. The summed E-state index contributed by atoms with van der Waals surface area (Å²) < 4.78 is 6.37. The van der Waals surface area contributed by atoms with Gasteiger partial charge in [0.15, 0.2) is 5.65 Å². The maximum Gasteiger partial charge on any atom is 0.420 e. The molecule has 3 N–H and O–H groups in total. The maximum atomic E-state index is 12.2. The van der Waals surface area contributed by atoms with Crippen LogP contribution in [0.5, 0.6) is 0 Å². The molecule has 2 aromatic heterocycles. The number of aromatic nitrogens is 3. The van der Waals surface area contributed by atoms with Crippen LogP contribution in [0, 0.1) is 0 Å². The first-order valence-electron chi connectivity index (χ1n) is 5.90. The Bertz CT molecular complexity index is 661. The van der Waals surface area contributed by atoms with Gasteiger partial charge in [-0.25, -0.2) is 14.3 Å². The summed E-state index contributed by atoms with van der Waals surface area (Å²) in [5.74, 6) is 0. The molecule has 1 atom stereocenters. The van der Waals surface area contributed by atoms with Crippen molar-refractivity contribution in [1.29, 1.82) is 0 Å². The van der Waals surface area contributed by atoms with E-state index in [9.17, 15) is 9.90 Å². The Kier molecular flexibility index (Phi) is 3.68. The van der Waals surface area contributed by atoms with Gasteiger partial charge in [-0.05, 0) is 38.4 Å². The molecule has 0 fully saturated rings. The number of nitrogens with two attached hydrogens (primary N) is 1. The number of carbonyl (C=O) groups is 1. The van der Waals surface area contributed by atoms with Gasteiger partial charge in [0.2, 0.25) is 5.28 Å². The first-order valence-corrected chi connectivity index (χ1v) is 6.28. The number of aliphatic hydroxyl groups is 1. The Labute approximate surface area is 120 Å². The molecule has 2 rings (SSSR count). The van der Waals surface area contributed by atoms with Gasteiger partial charge >= 0.3 is 6.09 Å². The number of ether oxygens (including phenoxy) is 1. The largest absolute Gasteiger partial charge is 0.443 e. The lowest BCUT2D eigenvalue weighted by Crippen LogP contribution is -2.29. The lowest BCUT2D eigenvalue weighted by molar-refractivity contribution is 0.0521. The number of hydrogen-bond donors (Lipinski definition) is 2. The number of hydrogen-bond acceptors (Lipinski definition) is 6. The van der Waals surface area contributed by atoms with E-state index in [1.807, 2.05) is 0 Å². The van der Waals surface area contributed by atoms with Crippen LogP contribution >= 0.6 is 11.6 Å². The van der Waals surface area contributed by atoms with Crippen molar-refractivity contribution < 1.29 is 14.6 Å². The minimum absolute atomic E-state index is 0.0153. The Hall–Kier alpha value is -1.70. The third-order valence-corrected chi connectivity index (χ3v) is 2.60. The van der Waals surface area contributed by atoms with Crippen LogP contribution in [0.3, 0.4) is 0 Å². The van der Waals surface area contributed by atoms with Gasteiger partial charge in [-0.3, -0.25) is 0 Å². The molecule has 2 aromatic rings. The number of halogens is 1. The fourth-order valence-corrected chi connectivity index (χ4v) is 1.83. The van der Waals surface area contributed by atoms with Gasteiger partial charge in [-0.1, -0.05) is 0 Å². The van der Waals surface area contributed by atoms with Crippen LogP contribution in [-0.4, -0.2) is 31.3 Å². The predicted octanol–water partition coefficient (Wildman–Crippen LogP) is 1.82. The van der Waals surface area contributed by atoms with Crippen molar-refractivity contribution in [3.8, 4) is 0 Å². The average molecular weight is 299 g/mol. The van der Waals surface area contributed by atoms with E-state index in [1.165, 1.54) is 12.3 Å². The summed E-state index contributed by atoms with van der Waals surface area (Å²) in [6.45, 7) is 5.20. The molecule has 0 aliphatic heterocycles. The fourth-order valence-electron chi connectivity index (χ4n) is 1.71. The van der Waals surface area contributed by atoms with Crippen molar-refractivity contribution >= 4 is 28.7 Å². The van der Waals surface area contributed by atoms with Crippen LogP contribution < -0.4 is 5.73 Å². The number of fused-ring (bicyclic) bond motifs is 1. The SMILES string of the molecule is CC(C)(C)OC(=O)n1c(C(N)O)cc2cnc(Cl)nc21. The van der Waals surface area contributed by atoms with Gasteiger partial charge in [0.25, 0.3) is 0 Å². The molecule has 0 saturated heterocycles. The van der Waals surface area contributed by atoms with E-state index in [4.69, 9.17) is 22.1 Å². The summed E-state index contributed by atoms with van der Waals surface area (Å²) in [6.07, 6.45) is -0.602. The summed E-state index contributed by atoms with van der Waals surface area (Å²) in [4.78, 5) is 20.0. The number of nitrogens with zero attached hydrogens (tertiary/aromatic N) is 3. The van der Waals surface area contributed by atoms with Crippen molar-refractivity contribution in [2.45, 2.75) is 32.6 Å². The molecule has 20 heavy (non-hydrogen) atoms. The van der Waals surface area contributed by atoms with Crippen LogP contribution in [-0.2, 0) is 4.74 Å². The normalized spacial score (nSPS) is 13.5. The summed E-state index contributed by atoms with van der Waals surface area (Å²) in [6, 6.07) is 1.51. The zero-order chi connectivity index (χ0) is 15.1. The molecule has 2 heterocycles. The van der Waals surface area contributed by atoms with Gasteiger partial charge in [-0.15, -0.1) is 0 Å². The van der Waals surface area contributed by atoms with Crippen LogP contribution in [0.2, 0.25) is 5.28 Å². The molecule has 108 valence electrons. The topological polar surface area (TPSA) is 103 Å². The van der Waals surface area contributed by atoms with Crippen molar-refractivity contribution in [2.75, 3.05) is 0 Å². The second kappa shape index (κ2) is 5.01. The zero-order valence-corrected chi connectivity index (χ0v) is 12.0. The van der Waals surface area contributed by atoms with Crippen molar-refractivity contribution in [3.05, 3.63) is 23.2 Å².